The zero-order valence-corrected chi connectivity index (χ0v) is 19.8. The summed E-state index contributed by atoms with van der Waals surface area (Å²) >= 11 is 1.26. The van der Waals surface area contributed by atoms with Crippen LogP contribution in [0.3, 0.4) is 0 Å². The van der Waals surface area contributed by atoms with Crippen LogP contribution in [-0.4, -0.2) is 55.0 Å². The zero-order valence-electron chi connectivity index (χ0n) is 19.0. The lowest BCUT2D eigenvalue weighted by atomic mass is 9.93. The molecule has 0 bridgehead atoms. The summed E-state index contributed by atoms with van der Waals surface area (Å²) in [7, 11) is 0. The van der Waals surface area contributed by atoms with Crippen molar-refractivity contribution in [1.29, 1.82) is 0 Å². The van der Waals surface area contributed by atoms with E-state index in [2.05, 4.69) is 5.10 Å². The van der Waals surface area contributed by atoms with Gasteiger partial charge in [-0.2, -0.15) is 5.10 Å². The number of aromatic nitrogens is 2. The van der Waals surface area contributed by atoms with Crippen molar-refractivity contribution in [2.24, 2.45) is 5.92 Å². The number of aryl methyl sites for hydroxylation is 1. The molecule has 180 valence electrons. The first-order valence-electron chi connectivity index (χ1n) is 11.5. The molecule has 2 heterocycles. The van der Waals surface area contributed by atoms with Crippen LogP contribution in [0.25, 0.3) is 6.08 Å². The van der Waals surface area contributed by atoms with Crippen LogP contribution >= 0.6 is 11.8 Å². The molecule has 0 spiro atoms. The van der Waals surface area contributed by atoms with Crippen molar-refractivity contribution in [3.05, 3.63) is 59.2 Å². The fourth-order valence-corrected chi connectivity index (χ4v) is 5.29. The number of aliphatic carboxylic acids is 1. The molecule has 1 aromatic carbocycles. The molecule has 2 unspecified atom stereocenters. The lowest BCUT2D eigenvalue weighted by Crippen LogP contribution is -2.43. The molecule has 1 aliphatic heterocycles. The molecule has 1 aromatic heterocycles. The van der Waals surface area contributed by atoms with Gasteiger partial charge in [0.25, 0.3) is 0 Å². The van der Waals surface area contributed by atoms with E-state index in [0.29, 0.717) is 30.8 Å². The van der Waals surface area contributed by atoms with E-state index in [1.165, 1.54) is 24.8 Å². The number of halogens is 1. The summed E-state index contributed by atoms with van der Waals surface area (Å²) in [5, 5.41) is 13.3. The number of carboxylic acids is 1. The number of carbonyl (C=O) groups excluding carboxylic acids is 2. The second kappa shape index (κ2) is 10.7. The zero-order chi connectivity index (χ0) is 24.2. The SMILES string of the molecule is CC(=O)SC1CCN(C(C(=O)C2CC2)c2ccccc2F)CC1=Cc1ccn(CCC(=O)O)n1. The van der Waals surface area contributed by atoms with Crippen molar-refractivity contribution in [3.8, 4) is 0 Å². The fourth-order valence-electron chi connectivity index (χ4n) is 4.37. The molecular formula is C25H28FN3O4S. The molecule has 1 N–H and O–H groups in total. The summed E-state index contributed by atoms with van der Waals surface area (Å²) in [4.78, 5) is 38.0. The van der Waals surface area contributed by atoms with Crippen molar-refractivity contribution in [2.75, 3.05) is 13.1 Å². The van der Waals surface area contributed by atoms with Gasteiger partial charge in [0.15, 0.2) is 10.9 Å². The molecule has 2 aromatic rings. The molecule has 1 saturated heterocycles. The van der Waals surface area contributed by atoms with E-state index in [9.17, 15) is 18.8 Å². The minimum atomic E-state index is -0.893. The van der Waals surface area contributed by atoms with Gasteiger partial charge in [-0.25, -0.2) is 4.39 Å². The Morgan fingerprint density at radius 1 is 1.24 bits per heavy atom. The summed E-state index contributed by atoms with van der Waals surface area (Å²) in [6.07, 6.45) is 5.94. The molecule has 2 aliphatic rings. The monoisotopic (exact) mass is 485 g/mol. The predicted octanol–water partition coefficient (Wildman–Crippen LogP) is 3.95. The maximum Gasteiger partial charge on any atom is 0.305 e. The largest absolute Gasteiger partial charge is 0.481 e. The Labute approximate surface area is 202 Å². The number of carbonyl (C=O) groups is 3. The molecule has 9 heteroatoms. The minimum Gasteiger partial charge on any atom is -0.481 e. The van der Waals surface area contributed by atoms with Gasteiger partial charge in [-0.1, -0.05) is 30.0 Å². The van der Waals surface area contributed by atoms with Gasteiger partial charge < -0.3 is 5.11 Å². The average molecular weight is 486 g/mol. The third-order valence-corrected chi connectivity index (χ3v) is 7.30. The van der Waals surface area contributed by atoms with Gasteiger partial charge in [-0.15, -0.1) is 0 Å². The van der Waals surface area contributed by atoms with E-state index in [1.54, 1.807) is 35.1 Å². The Morgan fingerprint density at radius 2 is 2.00 bits per heavy atom. The van der Waals surface area contributed by atoms with E-state index >= 15 is 0 Å². The van der Waals surface area contributed by atoms with Crippen LogP contribution in [0.15, 0.2) is 42.1 Å². The van der Waals surface area contributed by atoms with E-state index in [-0.39, 0.29) is 40.8 Å². The number of hydrogen-bond acceptors (Lipinski definition) is 6. The smallest absolute Gasteiger partial charge is 0.305 e. The van der Waals surface area contributed by atoms with Gasteiger partial charge >= 0.3 is 5.97 Å². The molecule has 2 atom stereocenters. The van der Waals surface area contributed by atoms with Crippen LogP contribution in [-0.2, 0) is 20.9 Å². The van der Waals surface area contributed by atoms with Crippen LogP contribution in [0.4, 0.5) is 4.39 Å². The summed E-state index contributed by atoms with van der Waals surface area (Å²) in [5.41, 5.74) is 2.00. The lowest BCUT2D eigenvalue weighted by Gasteiger charge is -2.38. The normalized spacial score (nSPS) is 20.9. The minimum absolute atomic E-state index is 0.0102. The van der Waals surface area contributed by atoms with E-state index in [4.69, 9.17) is 5.11 Å². The van der Waals surface area contributed by atoms with Crippen LogP contribution in [0, 0.1) is 11.7 Å². The highest BCUT2D eigenvalue weighted by Gasteiger charge is 2.41. The summed E-state index contributed by atoms with van der Waals surface area (Å²) in [5.74, 6) is -1.24. The van der Waals surface area contributed by atoms with Gasteiger partial charge in [0.1, 0.15) is 5.82 Å². The predicted molar refractivity (Wildman–Crippen MR) is 128 cm³/mol. The topological polar surface area (TPSA) is 92.5 Å². The molecule has 7 nitrogen and oxygen atoms in total. The first-order chi connectivity index (χ1) is 16.3. The van der Waals surface area contributed by atoms with Crippen molar-refractivity contribution < 1.29 is 23.9 Å². The Kier molecular flexibility index (Phi) is 7.63. The van der Waals surface area contributed by atoms with Gasteiger partial charge in [-0.3, -0.25) is 24.0 Å². The maximum absolute atomic E-state index is 14.8. The van der Waals surface area contributed by atoms with E-state index in [0.717, 1.165) is 18.4 Å². The van der Waals surface area contributed by atoms with Crippen molar-refractivity contribution >= 4 is 34.7 Å². The number of hydrogen-bond donors (Lipinski definition) is 1. The molecular weight excluding hydrogens is 457 g/mol. The average Bonchev–Trinajstić information content (AvgIpc) is 3.55. The van der Waals surface area contributed by atoms with Gasteiger partial charge in [-0.05, 0) is 43.0 Å². The molecule has 0 radical (unpaired) electrons. The first kappa shape index (κ1) is 24.3. The Hall–Kier alpha value is -2.78. The highest BCUT2D eigenvalue weighted by molar-refractivity contribution is 8.14. The van der Waals surface area contributed by atoms with Gasteiger partial charge in [0.05, 0.1) is 24.7 Å². The Bertz CT molecular complexity index is 1110. The number of likely N-dealkylation sites (tertiary alicyclic amines) is 1. The number of ketones is 1. The number of thioether (sulfide) groups is 1. The second-order valence-corrected chi connectivity index (χ2v) is 10.2. The number of rotatable bonds is 9. The number of piperidine rings is 1. The summed E-state index contributed by atoms with van der Waals surface area (Å²) in [6.45, 7) is 2.80. The molecule has 2 fully saturated rings. The van der Waals surface area contributed by atoms with Crippen LogP contribution in [0.2, 0.25) is 0 Å². The Balaban J connectivity index is 1.62. The third-order valence-electron chi connectivity index (χ3n) is 6.15. The quantitative estimate of drug-likeness (QED) is 0.575. The molecule has 1 saturated carbocycles. The van der Waals surface area contributed by atoms with Crippen LogP contribution in [0.1, 0.15) is 49.9 Å². The maximum atomic E-state index is 14.8. The lowest BCUT2D eigenvalue weighted by molar-refractivity contribution is -0.137. The fraction of sp³-hybridized carbons (Fsp3) is 0.440. The molecule has 34 heavy (non-hydrogen) atoms. The Morgan fingerprint density at radius 3 is 2.68 bits per heavy atom. The summed E-state index contributed by atoms with van der Waals surface area (Å²) in [6, 6.07) is 7.59. The van der Waals surface area contributed by atoms with Gasteiger partial charge in [0.2, 0.25) is 0 Å². The third kappa shape index (κ3) is 6.01. The number of Topliss-reactive ketones (excluding diaryl/α,β-unsaturated/α-hetero) is 1. The number of nitrogens with zero attached hydrogens (tertiary/aromatic N) is 3. The standard InChI is InChI=1S/C25H28FN3O4S/c1-16(30)34-22-9-11-28(15-18(22)14-19-8-12-29(27-19)13-10-23(31)32)24(25(33)17-6-7-17)20-4-2-3-5-21(20)26/h2-5,8,12,14,17,22,24H,6-7,9-11,13,15H2,1H3,(H,31,32). The van der Waals surface area contributed by atoms with E-state index < -0.39 is 12.0 Å². The second-order valence-electron chi connectivity index (χ2n) is 8.82. The first-order valence-corrected chi connectivity index (χ1v) is 12.3. The number of benzene rings is 1. The van der Waals surface area contributed by atoms with Crippen LogP contribution in [0.5, 0.6) is 0 Å². The summed E-state index contributed by atoms with van der Waals surface area (Å²) < 4.78 is 16.3. The molecule has 1 aliphatic carbocycles. The highest BCUT2D eigenvalue weighted by atomic mass is 32.2. The van der Waals surface area contributed by atoms with Crippen molar-refractivity contribution in [3.63, 3.8) is 0 Å². The van der Waals surface area contributed by atoms with Crippen LogP contribution < -0.4 is 0 Å². The highest BCUT2D eigenvalue weighted by Crippen LogP contribution is 2.40. The van der Waals surface area contributed by atoms with Gasteiger partial charge in [0, 0.05) is 42.9 Å². The van der Waals surface area contributed by atoms with Crippen molar-refractivity contribution in [2.45, 2.75) is 50.4 Å². The van der Waals surface area contributed by atoms with E-state index in [1.807, 2.05) is 11.0 Å². The van der Waals surface area contributed by atoms with Crippen molar-refractivity contribution in [1.82, 2.24) is 14.7 Å². The molecule has 0 amide bonds. The molecule has 4 rings (SSSR count). The number of carboxylic acid groups (broad SMARTS) is 1.